The summed E-state index contributed by atoms with van der Waals surface area (Å²) < 4.78 is 8.57. The molecule has 0 fully saturated rings. The Morgan fingerprint density at radius 3 is 2.25 bits per heavy atom. The molecule has 6 nitrogen and oxygen atoms in total. The Labute approximate surface area is 238 Å². The lowest BCUT2D eigenvalue weighted by Crippen LogP contribution is -2.11. The molecular weight excluding hydrogens is 566 g/mol. The molecule has 6 aromatic rings. The third-order valence-corrected chi connectivity index (χ3v) is 6.91. The molecule has 0 spiro atoms. The van der Waals surface area contributed by atoms with E-state index in [0.717, 1.165) is 27.0 Å². The highest BCUT2D eigenvalue weighted by Gasteiger charge is 2.23. The summed E-state index contributed by atoms with van der Waals surface area (Å²) in [5, 5.41) is 8.32. The van der Waals surface area contributed by atoms with Gasteiger partial charge >= 0.3 is 0 Å². The van der Waals surface area contributed by atoms with Gasteiger partial charge in [-0.2, -0.15) is 5.10 Å². The first kappa shape index (κ1) is 25.3. The van der Waals surface area contributed by atoms with Crippen LogP contribution in [0.4, 0.5) is 5.69 Å². The van der Waals surface area contributed by atoms with E-state index in [-0.39, 0.29) is 11.5 Å². The van der Waals surface area contributed by atoms with Gasteiger partial charge in [0.1, 0.15) is 5.58 Å². The number of amides is 1. The van der Waals surface area contributed by atoms with Gasteiger partial charge in [-0.15, -0.1) is 0 Å². The van der Waals surface area contributed by atoms with Crippen LogP contribution in [0.1, 0.15) is 21.7 Å². The minimum atomic E-state index is -0.400. The summed E-state index contributed by atoms with van der Waals surface area (Å²) in [6.07, 6.45) is 5.05. The fourth-order valence-electron chi connectivity index (χ4n) is 4.43. The molecule has 0 saturated carbocycles. The summed E-state index contributed by atoms with van der Waals surface area (Å²) in [7, 11) is 0. The van der Waals surface area contributed by atoms with Crippen LogP contribution >= 0.6 is 15.9 Å². The van der Waals surface area contributed by atoms with Gasteiger partial charge in [0.2, 0.25) is 11.7 Å². The van der Waals surface area contributed by atoms with E-state index in [1.165, 1.54) is 6.08 Å². The molecule has 40 heavy (non-hydrogen) atoms. The molecule has 0 saturated heterocycles. The predicted octanol–water partition coefficient (Wildman–Crippen LogP) is 7.93. The van der Waals surface area contributed by atoms with Gasteiger partial charge in [-0.3, -0.25) is 9.59 Å². The van der Waals surface area contributed by atoms with Crippen LogP contribution in [0, 0.1) is 0 Å². The molecule has 1 N–H and O–H groups in total. The quantitative estimate of drug-likeness (QED) is 0.152. The van der Waals surface area contributed by atoms with E-state index < -0.39 is 5.91 Å². The number of rotatable bonds is 7. The highest BCUT2D eigenvalue weighted by molar-refractivity contribution is 9.10. The van der Waals surface area contributed by atoms with Crippen LogP contribution in [0.15, 0.2) is 130 Å². The minimum Gasteiger partial charge on any atom is -0.450 e. The number of nitrogens with one attached hydrogen (secondary N) is 1. The molecule has 0 bridgehead atoms. The number of anilines is 1. The number of hydrogen-bond donors (Lipinski definition) is 1. The molecule has 194 valence electrons. The Morgan fingerprint density at radius 2 is 1.50 bits per heavy atom. The van der Waals surface area contributed by atoms with Crippen LogP contribution in [0.2, 0.25) is 0 Å². The first-order chi connectivity index (χ1) is 19.6. The van der Waals surface area contributed by atoms with Crippen molar-refractivity contribution < 1.29 is 14.0 Å². The van der Waals surface area contributed by atoms with Crippen LogP contribution in [0.5, 0.6) is 0 Å². The summed E-state index contributed by atoms with van der Waals surface area (Å²) in [6.45, 7) is 0. The number of aromatic nitrogens is 2. The van der Waals surface area contributed by atoms with Crippen molar-refractivity contribution in [2.24, 2.45) is 0 Å². The van der Waals surface area contributed by atoms with E-state index in [9.17, 15) is 9.59 Å². The molecule has 7 heteroatoms. The van der Waals surface area contributed by atoms with E-state index in [1.807, 2.05) is 85.1 Å². The van der Waals surface area contributed by atoms with Gasteiger partial charge in [-0.05, 0) is 54.6 Å². The van der Waals surface area contributed by atoms with E-state index in [4.69, 9.17) is 9.52 Å². The lowest BCUT2D eigenvalue weighted by molar-refractivity contribution is -0.111. The van der Waals surface area contributed by atoms with Crippen LogP contribution in [0.3, 0.4) is 0 Å². The monoisotopic (exact) mass is 587 g/mol. The Bertz CT molecular complexity index is 1850. The summed E-state index contributed by atoms with van der Waals surface area (Å²) in [5.41, 5.74) is 4.65. The number of nitrogens with zero attached hydrogens (tertiary/aromatic N) is 2. The highest BCUT2D eigenvalue weighted by Crippen LogP contribution is 2.33. The van der Waals surface area contributed by atoms with Crippen molar-refractivity contribution in [3.8, 4) is 16.9 Å². The van der Waals surface area contributed by atoms with E-state index >= 15 is 0 Å². The molecule has 0 aliphatic rings. The van der Waals surface area contributed by atoms with Crippen molar-refractivity contribution in [2.75, 3.05) is 5.32 Å². The number of ketones is 1. The molecule has 0 aliphatic carbocycles. The third-order valence-electron chi connectivity index (χ3n) is 6.38. The Kier molecular flexibility index (Phi) is 6.95. The zero-order valence-corrected chi connectivity index (χ0v) is 22.7. The van der Waals surface area contributed by atoms with E-state index in [0.29, 0.717) is 22.2 Å². The second-order valence-corrected chi connectivity index (χ2v) is 9.96. The van der Waals surface area contributed by atoms with Gasteiger partial charge < -0.3 is 9.73 Å². The van der Waals surface area contributed by atoms with Gasteiger partial charge in [0, 0.05) is 38.8 Å². The van der Waals surface area contributed by atoms with Crippen molar-refractivity contribution in [1.29, 1.82) is 0 Å². The Morgan fingerprint density at radius 1 is 0.825 bits per heavy atom. The molecule has 0 atom stereocenters. The van der Waals surface area contributed by atoms with Crippen molar-refractivity contribution in [2.45, 2.75) is 0 Å². The number of furan rings is 1. The predicted molar refractivity (Wildman–Crippen MR) is 160 cm³/mol. The normalized spacial score (nSPS) is 11.2. The molecule has 1 amide bonds. The summed E-state index contributed by atoms with van der Waals surface area (Å²) in [4.78, 5) is 26.6. The Hall–Kier alpha value is -5.01. The molecule has 6 rings (SSSR count). The summed E-state index contributed by atoms with van der Waals surface area (Å²) in [6, 6.07) is 33.8. The Balaban J connectivity index is 1.33. The maximum atomic E-state index is 13.4. The van der Waals surface area contributed by atoms with Crippen molar-refractivity contribution in [3.63, 3.8) is 0 Å². The van der Waals surface area contributed by atoms with Crippen LogP contribution in [-0.2, 0) is 4.79 Å². The standard InChI is InChI=1S/C33H22BrN3O3/c34-25-18-15-23(16-19-25)32(39)33-31(27-13-7-8-14-28(27)40-33)35-29(38)20-17-24-21-37(26-11-5-2-6-12-26)36-30(24)22-9-3-1-4-10-22/h1-21H,(H,35,38)/b20-17+. The third kappa shape index (κ3) is 5.15. The molecule has 0 aliphatic heterocycles. The van der Waals surface area contributed by atoms with E-state index in [1.54, 1.807) is 41.1 Å². The van der Waals surface area contributed by atoms with Crippen molar-refractivity contribution in [3.05, 3.63) is 143 Å². The van der Waals surface area contributed by atoms with Gasteiger partial charge in [0.25, 0.3) is 0 Å². The topological polar surface area (TPSA) is 77.1 Å². The minimum absolute atomic E-state index is 0.0761. The van der Waals surface area contributed by atoms with Gasteiger partial charge in [0.05, 0.1) is 17.1 Å². The van der Waals surface area contributed by atoms with Crippen molar-refractivity contribution in [1.82, 2.24) is 9.78 Å². The molecule has 2 heterocycles. The molecule has 4 aromatic carbocycles. The maximum Gasteiger partial charge on any atom is 0.248 e. The van der Waals surface area contributed by atoms with Gasteiger partial charge in [-0.25, -0.2) is 4.68 Å². The highest BCUT2D eigenvalue weighted by atomic mass is 79.9. The number of halogens is 1. The maximum absolute atomic E-state index is 13.4. The van der Waals surface area contributed by atoms with Gasteiger partial charge in [0.15, 0.2) is 5.76 Å². The summed E-state index contributed by atoms with van der Waals surface area (Å²) >= 11 is 3.39. The smallest absolute Gasteiger partial charge is 0.248 e. The molecule has 0 radical (unpaired) electrons. The number of carbonyl (C=O) groups excluding carboxylic acids is 2. The number of para-hydroxylation sites is 2. The van der Waals surface area contributed by atoms with Crippen molar-refractivity contribution >= 4 is 50.4 Å². The SMILES string of the molecule is O=C(/C=C/c1cn(-c2ccccc2)nc1-c1ccccc1)Nc1c(C(=O)c2ccc(Br)cc2)oc2ccccc12. The first-order valence-electron chi connectivity index (χ1n) is 12.6. The zero-order chi connectivity index (χ0) is 27.5. The fraction of sp³-hybridized carbons (Fsp3) is 0. The number of hydrogen-bond acceptors (Lipinski definition) is 4. The second-order valence-electron chi connectivity index (χ2n) is 9.04. The molecule has 2 aromatic heterocycles. The number of carbonyl (C=O) groups is 2. The second kappa shape index (κ2) is 11.0. The van der Waals surface area contributed by atoms with Gasteiger partial charge in [-0.1, -0.05) is 76.6 Å². The largest absolute Gasteiger partial charge is 0.450 e. The molecular formula is C33H22BrN3O3. The number of benzene rings is 4. The fourth-order valence-corrected chi connectivity index (χ4v) is 4.70. The van der Waals surface area contributed by atoms with Crippen LogP contribution in [0.25, 0.3) is 34.0 Å². The molecule has 0 unspecified atom stereocenters. The number of fused-ring (bicyclic) bond motifs is 1. The van der Waals surface area contributed by atoms with Crippen LogP contribution < -0.4 is 5.32 Å². The lowest BCUT2D eigenvalue weighted by Gasteiger charge is -2.04. The lowest BCUT2D eigenvalue weighted by atomic mass is 10.1. The van der Waals surface area contributed by atoms with E-state index in [2.05, 4.69) is 21.2 Å². The average molecular weight is 588 g/mol. The summed E-state index contributed by atoms with van der Waals surface area (Å²) in [5.74, 6) is -0.645. The zero-order valence-electron chi connectivity index (χ0n) is 21.1. The average Bonchev–Trinajstić information content (AvgIpc) is 3.59. The first-order valence-corrected chi connectivity index (χ1v) is 13.4. The van der Waals surface area contributed by atoms with Crippen LogP contribution in [-0.4, -0.2) is 21.5 Å².